The van der Waals surface area contributed by atoms with Crippen molar-refractivity contribution in [2.75, 3.05) is 10.8 Å². The fourth-order valence-corrected chi connectivity index (χ4v) is 7.90. The number of carbonyl (C=O) groups is 2. The van der Waals surface area contributed by atoms with Crippen LogP contribution in [0.25, 0.3) is 0 Å². The lowest BCUT2D eigenvalue weighted by Gasteiger charge is -2.35. The molecule has 1 fully saturated rings. The first-order valence-electron chi connectivity index (χ1n) is 16.1. The molecule has 7 nitrogen and oxygen atoms in total. The fraction of sp³-hybridized carbons (Fsp3) is 0.316. The summed E-state index contributed by atoms with van der Waals surface area (Å²) < 4.78 is 30.3. The van der Waals surface area contributed by atoms with E-state index in [2.05, 4.69) is 21.2 Å². The van der Waals surface area contributed by atoms with Crippen molar-refractivity contribution in [3.8, 4) is 0 Å². The molecule has 1 N–H and O–H groups in total. The van der Waals surface area contributed by atoms with Gasteiger partial charge in [-0.1, -0.05) is 119 Å². The minimum Gasteiger partial charge on any atom is -0.352 e. The van der Waals surface area contributed by atoms with Crippen molar-refractivity contribution < 1.29 is 18.0 Å². The number of anilines is 1. The van der Waals surface area contributed by atoms with E-state index in [0.29, 0.717) is 16.6 Å². The van der Waals surface area contributed by atoms with Gasteiger partial charge in [-0.2, -0.15) is 0 Å². The van der Waals surface area contributed by atoms with Crippen LogP contribution in [0.3, 0.4) is 0 Å². The highest BCUT2D eigenvalue weighted by atomic mass is 79.9. The van der Waals surface area contributed by atoms with E-state index in [9.17, 15) is 18.0 Å². The summed E-state index contributed by atoms with van der Waals surface area (Å²) in [5, 5.41) is 3.25. The molecule has 0 radical (unpaired) electrons. The number of carbonyl (C=O) groups excluding carboxylic acids is 2. The third-order valence-electron chi connectivity index (χ3n) is 8.64. The minimum atomic E-state index is -4.16. The highest BCUT2D eigenvalue weighted by molar-refractivity contribution is 9.10. The Labute approximate surface area is 287 Å². The van der Waals surface area contributed by atoms with Crippen molar-refractivity contribution in [3.63, 3.8) is 0 Å². The maximum absolute atomic E-state index is 14.7. The highest BCUT2D eigenvalue weighted by Gasteiger charge is 2.35. The molecule has 2 amide bonds. The van der Waals surface area contributed by atoms with Crippen molar-refractivity contribution >= 4 is 43.5 Å². The van der Waals surface area contributed by atoms with Crippen molar-refractivity contribution in [2.45, 2.75) is 75.9 Å². The lowest BCUT2D eigenvalue weighted by molar-refractivity contribution is -0.140. The zero-order valence-electron chi connectivity index (χ0n) is 26.9. The highest BCUT2D eigenvalue weighted by Crippen LogP contribution is 2.28. The van der Waals surface area contributed by atoms with E-state index in [1.165, 1.54) is 0 Å². The van der Waals surface area contributed by atoms with Gasteiger partial charge >= 0.3 is 0 Å². The number of amides is 2. The molecule has 0 bridgehead atoms. The maximum atomic E-state index is 14.7. The van der Waals surface area contributed by atoms with Crippen molar-refractivity contribution in [1.82, 2.24) is 10.2 Å². The Kier molecular flexibility index (Phi) is 11.5. The summed E-state index contributed by atoms with van der Waals surface area (Å²) in [6, 6.07) is 30.2. The van der Waals surface area contributed by atoms with Crippen LogP contribution in [0.4, 0.5) is 5.69 Å². The van der Waals surface area contributed by atoms with Crippen molar-refractivity contribution in [1.29, 1.82) is 0 Å². The number of benzene rings is 4. The Bertz CT molecular complexity index is 1770. The first-order chi connectivity index (χ1) is 22.6. The van der Waals surface area contributed by atoms with Gasteiger partial charge in [0, 0.05) is 23.5 Å². The molecule has 1 aliphatic carbocycles. The zero-order chi connectivity index (χ0) is 33.4. The second-order valence-electron chi connectivity index (χ2n) is 12.4. The molecule has 1 atom stereocenters. The summed E-state index contributed by atoms with van der Waals surface area (Å²) in [7, 11) is -4.16. The average molecular weight is 717 g/mol. The second kappa shape index (κ2) is 15.8. The predicted octanol–water partition coefficient (Wildman–Crippen LogP) is 7.35. The van der Waals surface area contributed by atoms with Gasteiger partial charge in [0.15, 0.2) is 0 Å². The fourth-order valence-electron chi connectivity index (χ4n) is 6.10. The van der Waals surface area contributed by atoms with Gasteiger partial charge in [0.2, 0.25) is 11.8 Å². The Morgan fingerprint density at radius 3 is 2.17 bits per heavy atom. The topological polar surface area (TPSA) is 86.8 Å². The van der Waals surface area contributed by atoms with Crippen molar-refractivity contribution in [2.24, 2.45) is 0 Å². The number of halogens is 1. The van der Waals surface area contributed by atoms with E-state index >= 15 is 0 Å². The predicted molar refractivity (Wildman–Crippen MR) is 191 cm³/mol. The van der Waals surface area contributed by atoms with Gasteiger partial charge in [0.1, 0.15) is 12.6 Å². The monoisotopic (exact) mass is 715 g/mol. The number of sulfonamides is 1. The van der Waals surface area contributed by atoms with Crippen LogP contribution in [0.2, 0.25) is 0 Å². The Morgan fingerprint density at radius 1 is 0.809 bits per heavy atom. The summed E-state index contributed by atoms with van der Waals surface area (Å²) in [6.45, 7) is 3.53. The Balaban J connectivity index is 1.56. The van der Waals surface area contributed by atoms with E-state index in [-0.39, 0.29) is 23.4 Å². The molecule has 47 heavy (non-hydrogen) atoms. The molecule has 9 heteroatoms. The molecular formula is C38H42BrN3O4S. The summed E-state index contributed by atoms with van der Waals surface area (Å²) in [5.41, 5.74) is 4.06. The molecule has 1 aliphatic rings. The van der Waals surface area contributed by atoms with Crippen molar-refractivity contribution in [3.05, 3.63) is 130 Å². The van der Waals surface area contributed by atoms with Crippen LogP contribution in [0.5, 0.6) is 0 Å². The first-order valence-corrected chi connectivity index (χ1v) is 18.4. The molecule has 0 unspecified atom stereocenters. The van der Waals surface area contributed by atoms with Crippen LogP contribution in [0.1, 0.15) is 54.4 Å². The van der Waals surface area contributed by atoms with Crippen LogP contribution in [0, 0.1) is 13.8 Å². The number of nitrogens with zero attached hydrogens (tertiary/aromatic N) is 2. The Morgan fingerprint density at radius 2 is 1.49 bits per heavy atom. The third-order valence-corrected chi connectivity index (χ3v) is 10.9. The third kappa shape index (κ3) is 9.11. The van der Waals surface area contributed by atoms with Gasteiger partial charge < -0.3 is 10.2 Å². The number of rotatable bonds is 12. The average Bonchev–Trinajstić information content (AvgIpc) is 3.06. The number of hydrogen-bond donors (Lipinski definition) is 1. The molecule has 0 aliphatic heterocycles. The summed E-state index contributed by atoms with van der Waals surface area (Å²) >= 11 is 3.47. The largest absolute Gasteiger partial charge is 0.352 e. The van der Waals surface area contributed by atoms with Gasteiger partial charge in [-0.05, 0) is 68.1 Å². The molecule has 4 aromatic carbocycles. The van der Waals surface area contributed by atoms with E-state index in [4.69, 9.17) is 0 Å². The summed E-state index contributed by atoms with van der Waals surface area (Å²) in [5.74, 6) is -0.695. The quantitative estimate of drug-likeness (QED) is 0.166. The second-order valence-corrected chi connectivity index (χ2v) is 15.1. The molecule has 5 rings (SSSR count). The smallest absolute Gasteiger partial charge is 0.264 e. The van der Waals surface area contributed by atoms with Crippen LogP contribution in [0.15, 0.2) is 112 Å². The van der Waals surface area contributed by atoms with Gasteiger partial charge in [0.25, 0.3) is 10.0 Å². The standard InChI is InChI=1S/C38H42BrN3O4S/c1-28-19-21-35(22-20-28)47(45,46)42(34-18-10-15-32(39)25-34)27-37(43)41(26-31-14-9-11-29(2)23-31)36(24-30-12-5-3-6-13-30)38(44)40-33-16-7-4-8-17-33/h3,5-6,9-15,18-23,25,33,36H,4,7-8,16-17,24,26-27H2,1-2H3,(H,40,44)/t36-/m1/s1. The molecule has 1 saturated carbocycles. The lowest BCUT2D eigenvalue weighted by atomic mass is 9.94. The van der Waals surface area contributed by atoms with Gasteiger partial charge in [-0.15, -0.1) is 0 Å². The van der Waals surface area contributed by atoms with E-state index in [0.717, 1.165) is 58.7 Å². The molecule has 0 saturated heterocycles. The summed E-state index contributed by atoms with van der Waals surface area (Å²) in [6.07, 6.45) is 5.36. The summed E-state index contributed by atoms with van der Waals surface area (Å²) in [4.78, 5) is 30.6. The normalized spacial score (nSPS) is 14.3. The van der Waals surface area contributed by atoms with Crippen LogP contribution in [-0.2, 0) is 32.6 Å². The number of hydrogen-bond acceptors (Lipinski definition) is 4. The Hall–Kier alpha value is -3.95. The number of nitrogens with one attached hydrogen (secondary N) is 1. The molecule has 0 spiro atoms. The van der Waals surface area contributed by atoms with E-state index in [1.54, 1.807) is 53.4 Å². The van der Waals surface area contributed by atoms with Crippen LogP contribution in [-0.4, -0.2) is 43.8 Å². The molecule has 246 valence electrons. The molecule has 4 aromatic rings. The molecular weight excluding hydrogens is 674 g/mol. The van der Waals surface area contributed by atoms with Crippen LogP contribution < -0.4 is 9.62 Å². The van der Waals surface area contributed by atoms with Gasteiger partial charge in [-0.25, -0.2) is 8.42 Å². The van der Waals surface area contributed by atoms with Gasteiger partial charge in [-0.3, -0.25) is 13.9 Å². The van der Waals surface area contributed by atoms with Gasteiger partial charge in [0.05, 0.1) is 10.6 Å². The maximum Gasteiger partial charge on any atom is 0.264 e. The minimum absolute atomic E-state index is 0.0468. The SMILES string of the molecule is Cc1ccc(S(=O)(=O)N(CC(=O)N(Cc2cccc(C)c2)[C@H](Cc2ccccc2)C(=O)NC2CCCCC2)c2cccc(Br)c2)cc1. The zero-order valence-corrected chi connectivity index (χ0v) is 29.3. The first kappa shape index (κ1) is 34.4. The molecule has 0 heterocycles. The lowest BCUT2D eigenvalue weighted by Crippen LogP contribution is -2.55. The van der Waals surface area contributed by atoms with E-state index < -0.39 is 28.5 Å². The number of aryl methyl sites for hydroxylation is 2. The van der Waals surface area contributed by atoms with Crippen LogP contribution >= 0.6 is 15.9 Å². The molecule has 0 aromatic heterocycles. The van der Waals surface area contributed by atoms with E-state index in [1.807, 2.05) is 68.4 Å².